The fourth-order valence-electron chi connectivity index (χ4n) is 3.05. The Kier molecular flexibility index (Phi) is 5.57. The predicted octanol–water partition coefficient (Wildman–Crippen LogP) is 4.13. The van der Waals surface area contributed by atoms with Crippen LogP contribution in [0.2, 0.25) is 0 Å². The van der Waals surface area contributed by atoms with E-state index >= 15 is 0 Å². The number of nitrogens with zero attached hydrogens (tertiary/aromatic N) is 1. The molecule has 1 aromatic heterocycles. The Hall–Kier alpha value is -3.93. The quantitative estimate of drug-likeness (QED) is 0.457. The third-order valence-corrected chi connectivity index (χ3v) is 4.63. The average molecular weight is 401 g/mol. The van der Waals surface area contributed by atoms with Crippen LogP contribution in [0, 0.1) is 6.92 Å². The number of carbonyl (C=O) groups is 2. The number of hydrogen-bond acceptors (Lipinski definition) is 6. The van der Waals surface area contributed by atoms with Gasteiger partial charge in [0.05, 0.1) is 5.56 Å². The maximum absolute atomic E-state index is 12.6. The van der Waals surface area contributed by atoms with Gasteiger partial charge in [0.1, 0.15) is 18.1 Å². The van der Waals surface area contributed by atoms with Gasteiger partial charge in [-0.25, -0.2) is 4.79 Å². The van der Waals surface area contributed by atoms with Gasteiger partial charge in [-0.1, -0.05) is 30.3 Å². The largest absolute Gasteiger partial charge is 0.481 e. The Morgan fingerprint density at radius 2 is 1.83 bits per heavy atom. The first kappa shape index (κ1) is 19.4. The first-order valence-electron chi connectivity index (χ1n) is 9.42. The van der Waals surface area contributed by atoms with Crippen molar-refractivity contribution in [2.75, 3.05) is 6.61 Å². The minimum Gasteiger partial charge on any atom is -0.481 e. The van der Waals surface area contributed by atoms with Crippen LogP contribution in [0.5, 0.6) is 11.5 Å². The van der Waals surface area contributed by atoms with E-state index in [1.807, 2.05) is 30.3 Å². The van der Waals surface area contributed by atoms with E-state index in [-0.39, 0.29) is 24.8 Å². The molecule has 2 heterocycles. The van der Waals surface area contributed by atoms with E-state index in [0.717, 1.165) is 11.1 Å². The summed E-state index contributed by atoms with van der Waals surface area (Å²) in [7, 11) is 0. The summed E-state index contributed by atoms with van der Waals surface area (Å²) in [5.41, 5.74) is 2.83. The highest BCUT2D eigenvalue weighted by molar-refractivity contribution is 6.14. The van der Waals surface area contributed by atoms with Gasteiger partial charge in [0, 0.05) is 18.0 Å². The second kappa shape index (κ2) is 8.61. The van der Waals surface area contributed by atoms with Gasteiger partial charge in [-0.2, -0.15) is 0 Å². The van der Waals surface area contributed by atoms with Crippen LogP contribution in [0.4, 0.5) is 0 Å². The molecule has 6 nitrogen and oxygen atoms in total. The van der Waals surface area contributed by atoms with Gasteiger partial charge in [0.2, 0.25) is 5.78 Å². The number of fused-ring (bicyclic) bond motifs is 1. The fourth-order valence-corrected chi connectivity index (χ4v) is 3.05. The highest BCUT2D eigenvalue weighted by Crippen LogP contribution is 2.39. The average Bonchev–Trinajstić information content (AvgIpc) is 3.09. The van der Waals surface area contributed by atoms with E-state index in [4.69, 9.17) is 14.2 Å². The Labute approximate surface area is 173 Å². The first-order chi connectivity index (χ1) is 14.6. The number of ether oxygens (including phenoxy) is 3. The van der Waals surface area contributed by atoms with Gasteiger partial charge in [-0.3, -0.25) is 9.78 Å². The number of benzene rings is 2. The van der Waals surface area contributed by atoms with Crippen molar-refractivity contribution in [3.05, 3.63) is 95.0 Å². The summed E-state index contributed by atoms with van der Waals surface area (Å²) in [5, 5.41) is 0. The number of hydrogen-bond donors (Lipinski definition) is 0. The van der Waals surface area contributed by atoms with Crippen LogP contribution >= 0.6 is 0 Å². The summed E-state index contributed by atoms with van der Waals surface area (Å²) in [6.07, 6.45) is 4.96. The van der Waals surface area contributed by atoms with Gasteiger partial charge in [-0.15, -0.1) is 0 Å². The topological polar surface area (TPSA) is 74.7 Å². The van der Waals surface area contributed by atoms with Gasteiger partial charge in [0.25, 0.3) is 0 Å². The van der Waals surface area contributed by atoms with E-state index < -0.39 is 5.97 Å². The molecular formula is C24H19NO5. The predicted molar refractivity (Wildman–Crippen MR) is 110 cm³/mol. The SMILES string of the molecule is Cc1c(OCC(=O)OCc2ccccc2)ccc2c1O/C(=C\c1ccncc1)C2=O. The number of allylic oxidation sites excluding steroid dienone is 1. The third kappa shape index (κ3) is 4.22. The van der Waals surface area contributed by atoms with Crippen LogP contribution in [0.3, 0.4) is 0 Å². The molecule has 1 aliphatic rings. The summed E-state index contributed by atoms with van der Waals surface area (Å²) in [4.78, 5) is 28.6. The number of carbonyl (C=O) groups excluding carboxylic acids is 2. The maximum atomic E-state index is 12.6. The molecule has 2 aromatic carbocycles. The van der Waals surface area contributed by atoms with Crippen molar-refractivity contribution in [1.29, 1.82) is 0 Å². The van der Waals surface area contributed by atoms with Gasteiger partial charge < -0.3 is 14.2 Å². The van der Waals surface area contributed by atoms with Gasteiger partial charge in [-0.05, 0) is 48.4 Å². The molecule has 6 heteroatoms. The fraction of sp³-hybridized carbons (Fsp3) is 0.125. The molecule has 3 aromatic rings. The van der Waals surface area contributed by atoms with Gasteiger partial charge in [0.15, 0.2) is 12.4 Å². The molecule has 0 saturated heterocycles. The van der Waals surface area contributed by atoms with Crippen LogP contribution in [0.1, 0.15) is 27.0 Å². The van der Waals surface area contributed by atoms with Crippen LogP contribution < -0.4 is 9.47 Å². The van der Waals surface area contributed by atoms with Crippen LogP contribution in [0.25, 0.3) is 6.08 Å². The lowest BCUT2D eigenvalue weighted by molar-refractivity contribution is -0.147. The molecule has 0 fully saturated rings. The molecule has 0 saturated carbocycles. The van der Waals surface area contributed by atoms with E-state index in [1.54, 1.807) is 49.7 Å². The van der Waals surface area contributed by atoms with Crippen LogP contribution in [-0.2, 0) is 16.1 Å². The summed E-state index contributed by atoms with van der Waals surface area (Å²) < 4.78 is 16.6. The normalized spacial score (nSPS) is 13.6. The maximum Gasteiger partial charge on any atom is 0.344 e. The van der Waals surface area contributed by atoms with Crippen molar-refractivity contribution < 1.29 is 23.8 Å². The molecule has 0 N–H and O–H groups in total. The molecular weight excluding hydrogens is 382 g/mol. The number of pyridine rings is 1. The second-order valence-electron chi connectivity index (χ2n) is 6.72. The Morgan fingerprint density at radius 3 is 2.60 bits per heavy atom. The molecule has 0 bridgehead atoms. The van der Waals surface area contributed by atoms with Crippen LogP contribution in [0.15, 0.2) is 72.8 Å². The number of rotatable bonds is 6. The number of Topliss-reactive ketones (excluding diaryl/α,β-unsaturated/α-hetero) is 1. The molecule has 0 amide bonds. The Morgan fingerprint density at radius 1 is 1.07 bits per heavy atom. The molecule has 0 radical (unpaired) electrons. The molecule has 0 spiro atoms. The van der Waals surface area contributed by atoms with Crippen LogP contribution in [-0.4, -0.2) is 23.3 Å². The standard InChI is InChI=1S/C24H19NO5/c1-16-20(28-15-22(26)29-14-18-5-3-2-4-6-18)8-7-19-23(27)21(30-24(16)19)13-17-9-11-25-12-10-17/h2-13H,14-15H2,1H3/b21-13-. The van der Waals surface area contributed by atoms with Crippen molar-refractivity contribution in [2.45, 2.75) is 13.5 Å². The summed E-state index contributed by atoms with van der Waals surface area (Å²) in [5.74, 6) is 0.463. The third-order valence-electron chi connectivity index (χ3n) is 4.63. The second-order valence-corrected chi connectivity index (χ2v) is 6.72. The van der Waals surface area contributed by atoms with Crippen molar-refractivity contribution >= 4 is 17.8 Å². The number of ketones is 1. The van der Waals surface area contributed by atoms with Crippen molar-refractivity contribution in [2.24, 2.45) is 0 Å². The highest BCUT2D eigenvalue weighted by atomic mass is 16.6. The lowest BCUT2D eigenvalue weighted by Gasteiger charge is -2.11. The zero-order chi connectivity index (χ0) is 20.9. The Bertz CT molecular complexity index is 1110. The van der Waals surface area contributed by atoms with E-state index in [2.05, 4.69) is 4.98 Å². The molecule has 30 heavy (non-hydrogen) atoms. The Balaban J connectivity index is 1.42. The lowest BCUT2D eigenvalue weighted by atomic mass is 10.1. The van der Waals surface area contributed by atoms with E-state index in [0.29, 0.717) is 22.6 Å². The van der Waals surface area contributed by atoms with Crippen molar-refractivity contribution in [1.82, 2.24) is 4.98 Å². The molecule has 0 aliphatic carbocycles. The monoisotopic (exact) mass is 401 g/mol. The lowest BCUT2D eigenvalue weighted by Crippen LogP contribution is -2.15. The van der Waals surface area contributed by atoms with E-state index in [9.17, 15) is 9.59 Å². The zero-order valence-corrected chi connectivity index (χ0v) is 16.3. The zero-order valence-electron chi connectivity index (χ0n) is 16.3. The number of esters is 1. The van der Waals surface area contributed by atoms with Crippen molar-refractivity contribution in [3.8, 4) is 11.5 Å². The summed E-state index contributed by atoms with van der Waals surface area (Å²) >= 11 is 0. The summed E-state index contributed by atoms with van der Waals surface area (Å²) in [6.45, 7) is 1.74. The molecule has 150 valence electrons. The molecule has 1 aliphatic heterocycles. The van der Waals surface area contributed by atoms with Gasteiger partial charge >= 0.3 is 5.97 Å². The van der Waals surface area contributed by atoms with E-state index in [1.165, 1.54) is 0 Å². The minimum atomic E-state index is -0.478. The van der Waals surface area contributed by atoms with Crippen molar-refractivity contribution in [3.63, 3.8) is 0 Å². The molecule has 0 atom stereocenters. The minimum absolute atomic E-state index is 0.187. The first-order valence-corrected chi connectivity index (χ1v) is 9.42. The molecule has 4 rings (SSSR count). The number of aromatic nitrogens is 1. The highest BCUT2D eigenvalue weighted by Gasteiger charge is 2.30. The summed E-state index contributed by atoms with van der Waals surface area (Å²) in [6, 6.07) is 16.3. The smallest absolute Gasteiger partial charge is 0.344 e. The molecule has 0 unspecified atom stereocenters.